The second-order valence-electron chi connectivity index (χ2n) is 4.56. The minimum atomic E-state index is -0.908. The van der Waals surface area contributed by atoms with Crippen molar-refractivity contribution in [1.82, 2.24) is 9.55 Å². The maximum Gasteiger partial charge on any atom is 0.156 e. The number of imidazole rings is 1. The Labute approximate surface area is 114 Å². The fraction of sp³-hybridized carbons (Fsp3) is 0.636. The van der Waals surface area contributed by atoms with Crippen LogP contribution in [-0.2, 0) is 11.2 Å². The Morgan fingerprint density at radius 2 is 2.42 bits per heavy atom. The van der Waals surface area contributed by atoms with E-state index in [0.29, 0.717) is 6.54 Å². The van der Waals surface area contributed by atoms with Gasteiger partial charge >= 0.3 is 0 Å². The van der Waals surface area contributed by atoms with Gasteiger partial charge in [-0.25, -0.2) is 4.98 Å². The normalized spacial score (nSPS) is 33.8. The van der Waals surface area contributed by atoms with E-state index < -0.39 is 23.8 Å². The van der Waals surface area contributed by atoms with E-state index in [1.54, 1.807) is 17.2 Å². The Bertz CT molecular complexity index is 492. The monoisotopic (exact) mass is 286 g/mol. The summed E-state index contributed by atoms with van der Waals surface area (Å²) in [7, 11) is 0. The summed E-state index contributed by atoms with van der Waals surface area (Å²) in [6.07, 6.45) is 1.83. The number of aromatic nitrogens is 2. The highest BCUT2D eigenvalue weighted by Gasteiger charge is 2.44. The highest BCUT2D eigenvalue weighted by atomic mass is 35.5. The molecule has 2 aliphatic heterocycles. The molecule has 2 aliphatic rings. The summed E-state index contributed by atoms with van der Waals surface area (Å²) in [5.74, 6) is 0.766. The number of alkyl halides is 1. The van der Waals surface area contributed by atoms with Crippen molar-refractivity contribution in [3.05, 3.63) is 12.0 Å². The fourth-order valence-corrected chi connectivity index (χ4v) is 2.70. The molecule has 3 heterocycles. The van der Waals surface area contributed by atoms with Crippen LogP contribution in [0.2, 0.25) is 0 Å². The zero-order valence-electron chi connectivity index (χ0n) is 10.1. The molecule has 3 N–H and O–H groups in total. The standard InChI is InChI=1S/C11H15ClN4O3/c12-8-9(18)7(3-17)19-11(8)16-5-15-6-1-2-13-4-14-10(6)16/h4-5,7-9,11,17-18H,1-3H2,(H,13,14)/t7-,8-,9-,11-/m1/s1. The molecule has 1 fully saturated rings. The van der Waals surface area contributed by atoms with Crippen molar-refractivity contribution in [1.29, 1.82) is 0 Å². The van der Waals surface area contributed by atoms with Crippen molar-refractivity contribution >= 4 is 23.8 Å². The number of rotatable bonds is 2. The highest BCUT2D eigenvalue weighted by molar-refractivity contribution is 6.21. The topological polar surface area (TPSA) is 91.9 Å². The summed E-state index contributed by atoms with van der Waals surface area (Å²) in [5.41, 5.74) is 0.881. The molecule has 104 valence electrons. The number of nitrogens with zero attached hydrogens (tertiary/aromatic N) is 3. The van der Waals surface area contributed by atoms with Gasteiger partial charge in [-0.1, -0.05) is 0 Å². The van der Waals surface area contributed by atoms with Crippen LogP contribution in [0.25, 0.3) is 0 Å². The lowest BCUT2D eigenvalue weighted by molar-refractivity contribution is -0.0435. The first-order chi connectivity index (χ1) is 9.22. The molecule has 0 saturated carbocycles. The molecule has 3 rings (SSSR count). The third-order valence-electron chi connectivity index (χ3n) is 3.39. The number of aliphatic hydroxyl groups excluding tert-OH is 2. The lowest BCUT2D eigenvalue weighted by Gasteiger charge is -2.18. The van der Waals surface area contributed by atoms with Gasteiger partial charge in [0.15, 0.2) is 6.23 Å². The Morgan fingerprint density at radius 3 is 3.16 bits per heavy atom. The van der Waals surface area contributed by atoms with Gasteiger partial charge in [0.2, 0.25) is 0 Å². The molecule has 1 saturated heterocycles. The van der Waals surface area contributed by atoms with Gasteiger partial charge in [0.25, 0.3) is 0 Å². The van der Waals surface area contributed by atoms with Gasteiger partial charge in [0, 0.05) is 13.0 Å². The molecule has 7 nitrogen and oxygen atoms in total. The summed E-state index contributed by atoms with van der Waals surface area (Å²) in [5, 5.41) is 21.4. The second kappa shape index (κ2) is 5.09. The fourth-order valence-electron chi connectivity index (χ4n) is 2.35. The van der Waals surface area contributed by atoms with E-state index in [0.717, 1.165) is 17.9 Å². The van der Waals surface area contributed by atoms with E-state index in [2.05, 4.69) is 15.3 Å². The molecule has 0 amide bonds. The van der Waals surface area contributed by atoms with Crippen molar-refractivity contribution in [3.63, 3.8) is 0 Å². The SMILES string of the molecule is OC[C@H]1O[C@@H](n2cnc3c2NC=NCC3)[C@H](Cl)[C@@H]1O. The van der Waals surface area contributed by atoms with Crippen LogP contribution in [0.5, 0.6) is 0 Å². The lowest BCUT2D eigenvalue weighted by Crippen LogP contribution is -2.30. The van der Waals surface area contributed by atoms with Crippen LogP contribution in [0.3, 0.4) is 0 Å². The number of fused-ring (bicyclic) bond motifs is 1. The van der Waals surface area contributed by atoms with Crippen LogP contribution < -0.4 is 5.32 Å². The number of halogens is 1. The minimum absolute atomic E-state index is 0.271. The molecule has 0 aliphatic carbocycles. The molecule has 19 heavy (non-hydrogen) atoms. The lowest BCUT2D eigenvalue weighted by atomic mass is 10.2. The maximum atomic E-state index is 9.89. The van der Waals surface area contributed by atoms with Crippen LogP contribution in [0.1, 0.15) is 11.9 Å². The molecule has 0 radical (unpaired) electrons. The number of hydrogen-bond acceptors (Lipinski definition) is 6. The first-order valence-corrected chi connectivity index (χ1v) is 6.55. The molecule has 0 bridgehead atoms. The van der Waals surface area contributed by atoms with Crippen molar-refractivity contribution in [3.8, 4) is 0 Å². The summed E-state index contributed by atoms with van der Waals surface area (Å²) >= 11 is 6.18. The van der Waals surface area contributed by atoms with E-state index in [1.165, 1.54) is 0 Å². The van der Waals surface area contributed by atoms with E-state index in [4.69, 9.17) is 21.4 Å². The van der Waals surface area contributed by atoms with E-state index in [-0.39, 0.29) is 6.61 Å². The van der Waals surface area contributed by atoms with E-state index >= 15 is 0 Å². The first-order valence-electron chi connectivity index (χ1n) is 6.11. The summed E-state index contributed by atoms with van der Waals surface area (Å²) in [4.78, 5) is 8.45. The Hall–Kier alpha value is -1.15. The largest absolute Gasteiger partial charge is 0.394 e. The van der Waals surface area contributed by atoms with Crippen LogP contribution in [0, 0.1) is 0 Å². The number of hydrogen-bond donors (Lipinski definition) is 3. The number of anilines is 1. The average molecular weight is 287 g/mol. The van der Waals surface area contributed by atoms with Gasteiger partial charge in [0.1, 0.15) is 23.4 Å². The molecule has 4 atom stereocenters. The molecule has 8 heteroatoms. The van der Waals surface area contributed by atoms with E-state index in [1.807, 2.05) is 0 Å². The maximum absolute atomic E-state index is 9.89. The van der Waals surface area contributed by atoms with Crippen molar-refractivity contribution in [2.45, 2.75) is 30.2 Å². The van der Waals surface area contributed by atoms with Crippen molar-refractivity contribution in [2.24, 2.45) is 4.99 Å². The Morgan fingerprint density at radius 1 is 1.58 bits per heavy atom. The molecule has 0 aromatic carbocycles. The quantitative estimate of drug-likeness (QED) is 0.652. The molecule has 1 aromatic rings. The van der Waals surface area contributed by atoms with Gasteiger partial charge < -0.3 is 20.3 Å². The Kier molecular flexibility index (Phi) is 3.44. The van der Waals surface area contributed by atoms with E-state index in [9.17, 15) is 5.11 Å². The molecule has 0 spiro atoms. The van der Waals surface area contributed by atoms with Gasteiger partial charge in [-0.15, -0.1) is 11.6 Å². The molecular weight excluding hydrogens is 272 g/mol. The van der Waals surface area contributed by atoms with Crippen LogP contribution >= 0.6 is 11.6 Å². The number of aliphatic hydroxyl groups is 2. The molecular formula is C11H15ClN4O3. The third-order valence-corrected chi connectivity index (χ3v) is 3.86. The van der Waals surface area contributed by atoms with Crippen molar-refractivity contribution < 1.29 is 14.9 Å². The van der Waals surface area contributed by atoms with Crippen molar-refractivity contribution in [2.75, 3.05) is 18.5 Å². The molecule has 1 aromatic heterocycles. The zero-order chi connectivity index (χ0) is 13.4. The number of ether oxygens (including phenoxy) is 1. The Balaban J connectivity index is 1.91. The third kappa shape index (κ3) is 2.12. The summed E-state index contributed by atoms with van der Waals surface area (Å²) in [6, 6.07) is 0. The minimum Gasteiger partial charge on any atom is -0.394 e. The first kappa shape index (κ1) is 12.9. The van der Waals surface area contributed by atoms with Gasteiger partial charge in [0.05, 0.1) is 25.0 Å². The number of aliphatic imine (C=N–C) groups is 1. The summed E-state index contributed by atoms with van der Waals surface area (Å²) in [6.45, 7) is 0.404. The number of nitrogens with one attached hydrogen (secondary N) is 1. The van der Waals surface area contributed by atoms with Crippen LogP contribution in [0.15, 0.2) is 11.3 Å². The smallest absolute Gasteiger partial charge is 0.156 e. The van der Waals surface area contributed by atoms with Crippen LogP contribution in [-0.4, -0.2) is 56.8 Å². The highest BCUT2D eigenvalue weighted by Crippen LogP contribution is 2.36. The predicted molar refractivity (Wildman–Crippen MR) is 69.6 cm³/mol. The molecule has 0 unspecified atom stereocenters. The van der Waals surface area contributed by atoms with Gasteiger partial charge in [-0.05, 0) is 0 Å². The van der Waals surface area contributed by atoms with Crippen LogP contribution in [0.4, 0.5) is 5.82 Å². The predicted octanol–water partition coefficient (Wildman–Crippen LogP) is -0.263. The summed E-state index contributed by atoms with van der Waals surface area (Å²) < 4.78 is 7.33. The zero-order valence-corrected chi connectivity index (χ0v) is 10.9. The average Bonchev–Trinajstić information content (AvgIpc) is 2.83. The second-order valence-corrected chi connectivity index (χ2v) is 5.06. The van der Waals surface area contributed by atoms with Gasteiger partial charge in [-0.2, -0.15) is 0 Å². The van der Waals surface area contributed by atoms with Gasteiger partial charge in [-0.3, -0.25) is 9.56 Å².